The van der Waals surface area contributed by atoms with E-state index < -0.39 is 0 Å². The zero-order valence-corrected chi connectivity index (χ0v) is 15.9. The van der Waals surface area contributed by atoms with Crippen LogP contribution in [-0.4, -0.2) is 24.7 Å². The average molecular weight is 372 g/mol. The number of anilines is 1. The number of nitrogens with one attached hydrogen (secondary N) is 2. The first-order valence-electron chi connectivity index (χ1n) is 8.62. The SMILES string of the molecule is CCCCCOc1ccc(C(=O)NC(=S)Nc2ccccc2OC)cc1. The molecular formula is C20H24N2O3S. The second-order valence-electron chi connectivity index (χ2n) is 5.69. The number of thiocarbonyl (C=S) groups is 1. The van der Waals surface area contributed by atoms with E-state index in [9.17, 15) is 4.79 Å². The van der Waals surface area contributed by atoms with Gasteiger partial charge in [-0.3, -0.25) is 10.1 Å². The standard InChI is InChI=1S/C20H24N2O3S/c1-3-4-7-14-25-16-12-10-15(11-13-16)19(23)22-20(26)21-17-8-5-6-9-18(17)24-2/h5-6,8-13H,3-4,7,14H2,1-2H3,(H2,21,22,23,26). The molecule has 0 fully saturated rings. The summed E-state index contributed by atoms with van der Waals surface area (Å²) in [5, 5.41) is 5.83. The minimum atomic E-state index is -0.282. The minimum absolute atomic E-state index is 0.208. The second-order valence-corrected chi connectivity index (χ2v) is 6.10. The first-order valence-corrected chi connectivity index (χ1v) is 9.03. The van der Waals surface area contributed by atoms with Crippen LogP contribution in [-0.2, 0) is 0 Å². The van der Waals surface area contributed by atoms with E-state index in [0.717, 1.165) is 25.0 Å². The van der Waals surface area contributed by atoms with Crippen LogP contribution < -0.4 is 20.1 Å². The summed E-state index contributed by atoms with van der Waals surface area (Å²) >= 11 is 5.20. The largest absolute Gasteiger partial charge is 0.495 e. The third-order valence-electron chi connectivity index (χ3n) is 3.72. The summed E-state index contributed by atoms with van der Waals surface area (Å²) in [6.45, 7) is 2.84. The maximum atomic E-state index is 12.3. The van der Waals surface area contributed by atoms with Gasteiger partial charge in [-0.25, -0.2) is 0 Å². The van der Waals surface area contributed by atoms with Crippen LogP contribution in [0.1, 0.15) is 36.5 Å². The first kappa shape index (κ1) is 19.7. The maximum absolute atomic E-state index is 12.3. The number of hydrogen-bond acceptors (Lipinski definition) is 4. The van der Waals surface area contributed by atoms with E-state index in [2.05, 4.69) is 17.6 Å². The van der Waals surface area contributed by atoms with Gasteiger partial charge < -0.3 is 14.8 Å². The molecule has 0 unspecified atom stereocenters. The predicted octanol–water partition coefficient (Wildman–Crippen LogP) is 4.39. The average Bonchev–Trinajstić information content (AvgIpc) is 2.66. The van der Waals surface area contributed by atoms with Crippen molar-refractivity contribution in [3.05, 3.63) is 54.1 Å². The molecule has 2 N–H and O–H groups in total. The Balaban J connectivity index is 1.87. The van der Waals surface area contributed by atoms with Gasteiger partial charge in [0.1, 0.15) is 11.5 Å². The van der Waals surface area contributed by atoms with E-state index in [1.807, 2.05) is 24.3 Å². The third kappa shape index (κ3) is 6.04. The fourth-order valence-electron chi connectivity index (χ4n) is 2.32. The molecule has 26 heavy (non-hydrogen) atoms. The molecule has 0 aliphatic rings. The van der Waals surface area contributed by atoms with E-state index >= 15 is 0 Å². The molecule has 6 heteroatoms. The van der Waals surface area contributed by atoms with Crippen molar-refractivity contribution in [1.82, 2.24) is 5.32 Å². The van der Waals surface area contributed by atoms with E-state index in [-0.39, 0.29) is 11.0 Å². The normalized spacial score (nSPS) is 10.1. The molecule has 0 heterocycles. The highest BCUT2D eigenvalue weighted by molar-refractivity contribution is 7.80. The highest BCUT2D eigenvalue weighted by Gasteiger charge is 2.10. The number of ether oxygens (including phenoxy) is 2. The number of hydrogen-bond donors (Lipinski definition) is 2. The second kappa shape index (κ2) is 10.4. The first-order chi connectivity index (χ1) is 12.6. The summed E-state index contributed by atoms with van der Waals surface area (Å²) in [6, 6.07) is 14.4. The number of methoxy groups -OCH3 is 1. The topological polar surface area (TPSA) is 59.6 Å². The quantitative estimate of drug-likeness (QED) is 0.532. The number of amides is 1. The zero-order valence-electron chi connectivity index (χ0n) is 15.1. The van der Waals surface area contributed by atoms with Gasteiger partial charge >= 0.3 is 0 Å². The highest BCUT2D eigenvalue weighted by Crippen LogP contribution is 2.22. The van der Waals surface area contributed by atoms with Crippen molar-refractivity contribution in [3.8, 4) is 11.5 Å². The monoisotopic (exact) mass is 372 g/mol. The Labute approximate surface area is 159 Å². The molecule has 0 atom stereocenters. The van der Waals surface area contributed by atoms with Gasteiger partial charge in [0, 0.05) is 5.56 Å². The molecular weight excluding hydrogens is 348 g/mol. The van der Waals surface area contributed by atoms with E-state index in [1.54, 1.807) is 31.4 Å². The molecule has 0 saturated carbocycles. The van der Waals surface area contributed by atoms with Crippen LogP contribution in [0.3, 0.4) is 0 Å². The van der Waals surface area contributed by atoms with Crippen LogP contribution in [0.5, 0.6) is 11.5 Å². The van der Waals surface area contributed by atoms with Gasteiger partial charge in [-0.15, -0.1) is 0 Å². The zero-order chi connectivity index (χ0) is 18.8. The Bertz CT molecular complexity index is 732. The van der Waals surface area contributed by atoms with E-state index in [1.165, 1.54) is 0 Å². The van der Waals surface area contributed by atoms with Gasteiger partial charge in [0.25, 0.3) is 5.91 Å². The summed E-state index contributed by atoms with van der Waals surface area (Å²) in [5.41, 5.74) is 1.20. The van der Waals surface area contributed by atoms with Crippen LogP contribution in [0.2, 0.25) is 0 Å². The molecule has 0 aliphatic heterocycles. The molecule has 1 amide bonds. The number of benzene rings is 2. The highest BCUT2D eigenvalue weighted by atomic mass is 32.1. The van der Waals surface area contributed by atoms with Crippen molar-refractivity contribution in [2.75, 3.05) is 19.0 Å². The lowest BCUT2D eigenvalue weighted by molar-refractivity contribution is 0.0977. The van der Waals surface area contributed by atoms with Crippen LogP contribution in [0, 0.1) is 0 Å². The lowest BCUT2D eigenvalue weighted by atomic mass is 10.2. The van der Waals surface area contributed by atoms with Crippen molar-refractivity contribution >= 4 is 28.9 Å². The molecule has 0 saturated heterocycles. The van der Waals surface area contributed by atoms with Gasteiger partial charge in [-0.05, 0) is 55.0 Å². The molecule has 2 aromatic carbocycles. The molecule has 0 aromatic heterocycles. The van der Waals surface area contributed by atoms with E-state index in [0.29, 0.717) is 23.6 Å². The van der Waals surface area contributed by atoms with Crippen molar-refractivity contribution in [2.45, 2.75) is 26.2 Å². The summed E-state index contributed by atoms with van der Waals surface area (Å²) in [4.78, 5) is 12.3. The Kier molecular flexibility index (Phi) is 7.89. The Morgan fingerprint density at radius 3 is 2.50 bits per heavy atom. The fraction of sp³-hybridized carbons (Fsp3) is 0.300. The van der Waals surface area contributed by atoms with Crippen molar-refractivity contribution < 1.29 is 14.3 Å². The van der Waals surface area contributed by atoms with Crippen LogP contribution >= 0.6 is 12.2 Å². The molecule has 5 nitrogen and oxygen atoms in total. The van der Waals surface area contributed by atoms with Gasteiger partial charge in [-0.2, -0.15) is 0 Å². The van der Waals surface area contributed by atoms with Crippen LogP contribution in [0.25, 0.3) is 0 Å². The lowest BCUT2D eigenvalue weighted by Gasteiger charge is -2.12. The van der Waals surface area contributed by atoms with Crippen molar-refractivity contribution in [2.24, 2.45) is 0 Å². The van der Waals surface area contributed by atoms with Gasteiger partial charge in [0.2, 0.25) is 0 Å². The number of carbonyl (C=O) groups excluding carboxylic acids is 1. The number of rotatable bonds is 8. The van der Waals surface area contributed by atoms with Gasteiger partial charge in [0.05, 0.1) is 19.4 Å². The van der Waals surface area contributed by atoms with Crippen molar-refractivity contribution in [3.63, 3.8) is 0 Å². The van der Waals surface area contributed by atoms with Crippen LogP contribution in [0.15, 0.2) is 48.5 Å². The number of unbranched alkanes of at least 4 members (excludes halogenated alkanes) is 2. The summed E-state index contributed by atoms with van der Waals surface area (Å²) in [5.74, 6) is 1.12. The van der Waals surface area contributed by atoms with Crippen LogP contribution in [0.4, 0.5) is 5.69 Å². The van der Waals surface area contributed by atoms with Crippen molar-refractivity contribution in [1.29, 1.82) is 0 Å². The van der Waals surface area contributed by atoms with Gasteiger partial charge in [-0.1, -0.05) is 31.9 Å². The predicted molar refractivity (Wildman–Crippen MR) is 108 cm³/mol. The molecule has 138 valence electrons. The maximum Gasteiger partial charge on any atom is 0.257 e. The lowest BCUT2D eigenvalue weighted by Crippen LogP contribution is -2.34. The molecule has 0 radical (unpaired) electrons. The summed E-state index contributed by atoms with van der Waals surface area (Å²) in [6.07, 6.45) is 3.34. The Morgan fingerprint density at radius 2 is 1.81 bits per heavy atom. The number of para-hydroxylation sites is 2. The molecule has 2 rings (SSSR count). The summed E-state index contributed by atoms with van der Waals surface area (Å²) in [7, 11) is 1.58. The summed E-state index contributed by atoms with van der Waals surface area (Å²) < 4.78 is 10.9. The minimum Gasteiger partial charge on any atom is -0.495 e. The third-order valence-corrected chi connectivity index (χ3v) is 3.92. The molecule has 0 bridgehead atoms. The Morgan fingerprint density at radius 1 is 1.08 bits per heavy atom. The van der Waals surface area contributed by atoms with E-state index in [4.69, 9.17) is 21.7 Å². The Hall–Kier alpha value is -2.60. The molecule has 0 spiro atoms. The number of carbonyl (C=O) groups is 1. The fourth-order valence-corrected chi connectivity index (χ4v) is 2.52. The smallest absolute Gasteiger partial charge is 0.257 e. The molecule has 0 aliphatic carbocycles. The van der Waals surface area contributed by atoms with Gasteiger partial charge in [0.15, 0.2) is 5.11 Å². The molecule has 2 aromatic rings.